The van der Waals surface area contributed by atoms with Crippen LogP contribution in [0.2, 0.25) is 5.02 Å². The van der Waals surface area contributed by atoms with E-state index in [0.717, 1.165) is 11.0 Å². The summed E-state index contributed by atoms with van der Waals surface area (Å²) in [6, 6.07) is 5.91. The Balaban J connectivity index is 1.95. The van der Waals surface area contributed by atoms with Gasteiger partial charge in [0, 0.05) is 22.6 Å². The fraction of sp³-hybridized carbons (Fsp3) is 0.273. The molecule has 0 spiro atoms. The van der Waals surface area contributed by atoms with Crippen molar-refractivity contribution in [3.8, 4) is 0 Å². The Bertz CT molecular complexity index is 1180. The van der Waals surface area contributed by atoms with E-state index >= 15 is 0 Å². The molecule has 172 valence electrons. The third-order valence-electron chi connectivity index (χ3n) is 5.87. The fourth-order valence-electron chi connectivity index (χ4n) is 4.45. The maximum atomic E-state index is 14.6. The lowest BCUT2D eigenvalue weighted by molar-refractivity contribution is -0.167. The molecule has 7 nitrogen and oxygen atoms in total. The summed E-state index contributed by atoms with van der Waals surface area (Å²) in [6.45, 7) is 0. The highest BCUT2D eigenvalue weighted by molar-refractivity contribution is 6.31. The minimum absolute atomic E-state index is 0.0863. The van der Waals surface area contributed by atoms with Gasteiger partial charge >= 0.3 is 6.18 Å². The van der Waals surface area contributed by atoms with Gasteiger partial charge in [0.2, 0.25) is 17.7 Å². The predicted molar refractivity (Wildman–Crippen MR) is 110 cm³/mol. The van der Waals surface area contributed by atoms with E-state index < -0.39 is 47.8 Å². The number of benzene rings is 2. The molecule has 0 radical (unpaired) electrons. The third kappa shape index (κ3) is 3.95. The molecule has 3 N–H and O–H groups in total. The zero-order valence-electron chi connectivity index (χ0n) is 16.9. The molecule has 2 unspecified atom stereocenters. The molecule has 4 amide bonds. The van der Waals surface area contributed by atoms with Crippen LogP contribution >= 0.6 is 11.6 Å². The van der Waals surface area contributed by atoms with Gasteiger partial charge in [-0.1, -0.05) is 29.8 Å². The Kier molecular flexibility index (Phi) is 5.65. The van der Waals surface area contributed by atoms with E-state index in [4.69, 9.17) is 17.3 Å². The summed E-state index contributed by atoms with van der Waals surface area (Å²) < 4.78 is 43.7. The first-order valence-electron chi connectivity index (χ1n) is 9.92. The molecule has 1 fully saturated rings. The number of nitrogens with one attached hydrogen (secondary N) is 1. The van der Waals surface area contributed by atoms with E-state index in [1.807, 2.05) is 0 Å². The smallest absolute Gasteiger partial charge is 0.366 e. The van der Waals surface area contributed by atoms with Crippen molar-refractivity contribution in [2.45, 2.75) is 37.0 Å². The highest BCUT2D eigenvalue weighted by atomic mass is 35.5. The summed E-state index contributed by atoms with van der Waals surface area (Å²) >= 11 is 6.13. The van der Waals surface area contributed by atoms with Crippen LogP contribution in [0.5, 0.6) is 0 Å². The van der Waals surface area contributed by atoms with Crippen LogP contribution in [0, 0.1) is 0 Å². The minimum atomic E-state index is -4.89. The number of nitrogens with two attached hydrogens (primary N) is 1. The van der Waals surface area contributed by atoms with Gasteiger partial charge in [-0.3, -0.25) is 24.5 Å². The molecule has 1 saturated heterocycles. The predicted octanol–water partition coefficient (Wildman–Crippen LogP) is 3.09. The van der Waals surface area contributed by atoms with E-state index in [2.05, 4.69) is 5.32 Å². The van der Waals surface area contributed by atoms with Gasteiger partial charge in [-0.2, -0.15) is 13.2 Å². The van der Waals surface area contributed by atoms with E-state index in [9.17, 15) is 32.3 Å². The van der Waals surface area contributed by atoms with Crippen molar-refractivity contribution in [2.24, 2.45) is 5.73 Å². The lowest BCUT2D eigenvalue weighted by Gasteiger charge is -2.39. The Morgan fingerprint density at radius 1 is 1.15 bits per heavy atom. The van der Waals surface area contributed by atoms with Crippen molar-refractivity contribution in [3.05, 3.63) is 69.7 Å². The molecule has 2 aromatic carbocycles. The van der Waals surface area contributed by atoms with Crippen molar-refractivity contribution in [1.29, 1.82) is 0 Å². The van der Waals surface area contributed by atoms with Crippen LogP contribution in [-0.2, 0) is 9.59 Å². The standard InChI is InChI=1S/C22H17ClF3N3O4/c23-14-4-2-1-3-12(14)17(22(24,25)26)18-13-9-10(19(27)31)5-6-11(13)21(33)29(18)15-7-8-16(30)28-20(15)32/h1-6,9,15,17-18H,7-8H2,(H2,27,31)(H,28,30,32)/t15?,17-,18?/m1/s1. The lowest BCUT2D eigenvalue weighted by Crippen LogP contribution is -2.54. The van der Waals surface area contributed by atoms with Gasteiger partial charge in [0.1, 0.15) is 12.0 Å². The molecular formula is C22H17ClF3N3O4. The number of hydrogen-bond acceptors (Lipinski definition) is 4. The van der Waals surface area contributed by atoms with E-state index in [1.165, 1.54) is 36.4 Å². The molecule has 2 aliphatic rings. The molecule has 0 bridgehead atoms. The first-order valence-corrected chi connectivity index (χ1v) is 10.3. The Hall–Kier alpha value is -3.40. The second kappa shape index (κ2) is 8.18. The summed E-state index contributed by atoms with van der Waals surface area (Å²) in [7, 11) is 0. The molecule has 3 atom stereocenters. The van der Waals surface area contributed by atoms with Gasteiger partial charge in [0.05, 0.1) is 6.04 Å². The number of rotatable bonds is 4. The number of carbonyl (C=O) groups is 4. The lowest BCUT2D eigenvalue weighted by atomic mass is 9.84. The first-order chi connectivity index (χ1) is 15.5. The molecule has 2 heterocycles. The molecule has 0 aliphatic carbocycles. The minimum Gasteiger partial charge on any atom is -0.366 e. The number of alkyl halides is 3. The molecule has 2 aliphatic heterocycles. The summed E-state index contributed by atoms with van der Waals surface area (Å²) in [6.07, 6.45) is -5.17. The normalized spacial score (nSPS) is 21.6. The fourth-order valence-corrected chi connectivity index (χ4v) is 4.70. The molecule has 0 saturated carbocycles. The van der Waals surface area contributed by atoms with Crippen LogP contribution in [0.4, 0.5) is 13.2 Å². The van der Waals surface area contributed by atoms with Crippen LogP contribution in [0.1, 0.15) is 56.6 Å². The molecular weight excluding hydrogens is 463 g/mol. The number of carbonyl (C=O) groups excluding carboxylic acids is 4. The summed E-state index contributed by atoms with van der Waals surface area (Å²) in [5, 5.41) is 1.91. The quantitative estimate of drug-likeness (QED) is 0.657. The monoisotopic (exact) mass is 479 g/mol. The van der Waals surface area contributed by atoms with Gasteiger partial charge in [-0.05, 0) is 41.8 Å². The number of piperidine rings is 1. The number of fused-ring (bicyclic) bond motifs is 1. The summed E-state index contributed by atoms with van der Waals surface area (Å²) in [5.41, 5.74) is 4.76. The van der Waals surface area contributed by atoms with Crippen LogP contribution in [0.25, 0.3) is 0 Å². The Labute approximate surface area is 190 Å². The number of imide groups is 1. The van der Waals surface area contributed by atoms with Gasteiger partial charge in [-0.15, -0.1) is 0 Å². The number of nitrogens with zero attached hydrogens (tertiary/aromatic N) is 1. The average molecular weight is 480 g/mol. The SMILES string of the molecule is NC(=O)c1ccc2c(c1)C([C@@H](c1ccccc1Cl)C(F)(F)F)N(C1CCC(=O)NC1=O)C2=O. The maximum Gasteiger partial charge on any atom is 0.398 e. The van der Waals surface area contributed by atoms with Crippen LogP contribution < -0.4 is 11.1 Å². The molecule has 11 heteroatoms. The summed E-state index contributed by atoms with van der Waals surface area (Å²) in [4.78, 5) is 50.1. The molecule has 2 aromatic rings. The van der Waals surface area contributed by atoms with Crippen molar-refractivity contribution in [2.75, 3.05) is 0 Å². The van der Waals surface area contributed by atoms with Crippen LogP contribution in [0.15, 0.2) is 42.5 Å². The van der Waals surface area contributed by atoms with Crippen molar-refractivity contribution < 1.29 is 32.3 Å². The van der Waals surface area contributed by atoms with E-state index in [-0.39, 0.29) is 40.1 Å². The second-order valence-electron chi connectivity index (χ2n) is 7.83. The van der Waals surface area contributed by atoms with Gasteiger partial charge in [0.15, 0.2) is 0 Å². The summed E-state index contributed by atoms with van der Waals surface area (Å²) in [5.74, 6) is -5.46. The molecule has 33 heavy (non-hydrogen) atoms. The largest absolute Gasteiger partial charge is 0.398 e. The number of hydrogen-bond donors (Lipinski definition) is 2. The van der Waals surface area contributed by atoms with E-state index in [1.54, 1.807) is 0 Å². The molecule has 0 aromatic heterocycles. The number of amides is 4. The first kappa shape index (κ1) is 22.8. The maximum absolute atomic E-state index is 14.6. The average Bonchev–Trinajstić information content (AvgIpc) is 3.00. The van der Waals surface area contributed by atoms with Crippen molar-refractivity contribution >= 4 is 35.2 Å². The Morgan fingerprint density at radius 2 is 1.85 bits per heavy atom. The molecule has 4 rings (SSSR count). The third-order valence-corrected chi connectivity index (χ3v) is 6.22. The van der Waals surface area contributed by atoms with E-state index in [0.29, 0.717) is 0 Å². The van der Waals surface area contributed by atoms with Gasteiger partial charge in [-0.25, -0.2) is 0 Å². The number of halogens is 4. The second-order valence-corrected chi connectivity index (χ2v) is 8.24. The van der Waals surface area contributed by atoms with Crippen LogP contribution in [0.3, 0.4) is 0 Å². The highest BCUT2D eigenvalue weighted by Crippen LogP contribution is 2.53. The zero-order valence-corrected chi connectivity index (χ0v) is 17.6. The zero-order chi connectivity index (χ0) is 24.1. The Morgan fingerprint density at radius 3 is 2.45 bits per heavy atom. The number of primary amides is 1. The van der Waals surface area contributed by atoms with Crippen molar-refractivity contribution in [1.82, 2.24) is 10.2 Å². The van der Waals surface area contributed by atoms with Gasteiger partial charge in [0.25, 0.3) is 5.91 Å². The van der Waals surface area contributed by atoms with Crippen LogP contribution in [-0.4, -0.2) is 40.7 Å². The van der Waals surface area contributed by atoms with Crippen molar-refractivity contribution in [3.63, 3.8) is 0 Å². The van der Waals surface area contributed by atoms with Gasteiger partial charge < -0.3 is 10.6 Å². The topological polar surface area (TPSA) is 110 Å². The highest BCUT2D eigenvalue weighted by Gasteiger charge is 2.56.